The summed E-state index contributed by atoms with van der Waals surface area (Å²) in [6.07, 6.45) is 5.81. The number of aliphatic imine (C=N–C) groups is 1. The Bertz CT molecular complexity index is 844. The van der Waals surface area contributed by atoms with E-state index in [0.717, 1.165) is 35.2 Å². The molecule has 2 heteroatoms. The van der Waals surface area contributed by atoms with Gasteiger partial charge >= 0.3 is 0 Å². The summed E-state index contributed by atoms with van der Waals surface area (Å²) in [4.78, 5) is 4.52. The van der Waals surface area contributed by atoms with Gasteiger partial charge in [0.05, 0.1) is 5.69 Å². The van der Waals surface area contributed by atoms with E-state index in [1.165, 1.54) is 17.7 Å². The molecule has 1 nitrogen and oxygen atoms in total. The molecule has 0 N–H and O–H groups in total. The molecule has 25 heavy (non-hydrogen) atoms. The highest BCUT2D eigenvalue weighted by Gasteiger charge is 1.98. The number of benzene rings is 3. The molecule has 3 rings (SSSR count). The van der Waals surface area contributed by atoms with Crippen molar-refractivity contribution in [1.82, 2.24) is 0 Å². The number of nitrogens with zero attached hydrogens (tertiary/aromatic N) is 1. The fourth-order valence-electron chi connectivity index (χ4n) is 2.57. The molecule has 3 aromatic rings. The highest BCUT2D eigenvalue weighted by molar-refractivity contribution is 5.82. The van der Waals surface area contributed by atoms with Crippen molar-refractivity contribution in [2.24, 2.45) is 4.99 Å². The molecule has 0 saturated carbocycles. The Hall–Kier alpha value is -3.00. The molecule has 0 fully saturated rings. The van der Waals surface area contributed by atoms with Crippen molar-refractivity contribution in [3.05, 3.63) is 102 Å². The van der Waals surface area contributed by atoms with Crippen LogP contribution in [0.25, 0.3) is 11.1 Å². The van der Waals surface area contributed by atoms with E-state index in [1.807, 2.05) is 36.6 Å². The van der Waals surface area contributed by atoms with E-state index in [4.69, 9.17) is 0 Å². The minimum atomic E-state index is -0.222. The van der Waals surface area contributed by atoms with E-state index < -0.39 is 0 Å². The van der Waals surface area contributed by atoms with E-state index in [-0.39, 0.29) is 5.82 Å². The van der Waals surface area contributed by atoms with E-state index in [0.29, 0.717) is 0 Å². The Morgan fingerprint density at radius 3 is 2.00 bits per heavy atom. The van der Waals surface area contributed by atoms with Crippen molar-refractivity contribution < 1.29 is 4.39 Å². The topological polar surface area (TPSA) is 12.4 Å². The summed E-state index contributed by atoms with van der Waals surface area (Å²) in [6.45, 7) is 3.75. The third-order valence-corrected chi connectivity index (χ3v) is 4.02. The summed E-state index contributed by atoms with van der Waals surface area (Å²) in [7, 11) is 0. The predicted molar refractivity (Wildman–Crippen MR) is 104 cm³/mol. The average Bonchev–Trinajstić information content (AvgIpc) is 2.67. The number of hydrogen-bond acceptors (Lipinski definition) is 1. The summed E-state index contributed by atoms with van der Waals surface area (Å²) in [5.74, 6) is -0.222. The Balaban J connectivity index is 1.67. The zero-order chi connectivity index (χ0) is 17.5. The molecule has 0 unspecified atom stereocenters. The third kappa shape index (κ3) is 4.74. The van der Waals surface area contributed by atoms with Gasteiger partial charge in [0, 0.05) is 6.21 Å². The lowest BCUT2D eigenvalue weighted by Crippen LogP contribution is -1.85. The smallest absolute Gasteiger partial charge is 0.123 e. The quantitative estimate of drug-likeness (QED) is 0.368. The van der Waals surface area contributed by atoms with Crippen LogP contribution in [0, 0.1) is 5.82 Å². The molecule has 0 saturated heterocycles. The average molecular weight is 329 g/mol. The Labute approximate surface area is 148 Å². The van der Waals surface area contributed by atoms with Crippen LogP contribution in [-0.2, 0) is 6.42 Å². The number of halogens is 1. The van der Waals surface area contributed by atoms with Gasteiger partial charge in [-0.15, -0.1) is 6.58 Å². The minimum absolute atomic E-state index is 0.222. The molecule has 0 aliphatic heterocycles. The van der Waals surface area contributed by atoms with Crippen molar-refractivity contribution in [1.29, 1.82) is 0 Å². The van der Waals surface area contributed by atoms with Gasteiger partial charge in [-0.3, -0.25) is 4.99 Å². The maximum absolute atomic E-state index is 13.0. The second-order valence-corrected chi connectivity index (χ2v) is 5.88. The summed E-state index contributed by atoms with van der Waals surface area (Å²) in [6, 6.07) is 22.8. The van der Waals surface area contributed by atoms with Crippen LogP contribution in [-0.4, -0.2) is 6.21 Å². The molecule has 0 aliphatic rings. The standard InChI is InChI=1S/C23H20FN/c1-2-3-4-18-5-7-19(8-6-18)17-25-23-15-11-21(12-16-23)20-9-13-22(24)14-10-20/h2,5-17H,1,3-4H2. The van der Waals surface area contributed by atoms with Gasteiger partial charge in [-0.1, -0.05) is 54.6 Å². The van der Waals surface area contributed by atoms with Crippen LogP contribution in [0.1, 0.15) is 17.5 Å². The number of allylic oxidation sites excluding steroid dienone is 1. The van der Waals surface area contributed by atoms with Crippen molar-refractivity contribution in [3.8, 4) is 11.1 Å². The van der Waals surface area contributed by atoms with E-state index >= 15 is 0 Å². The fraction of sp³-hybridized carbons (Fsp3) is 0.0870. The fourth-order valence-corrected chi connectivity index (χ4v) is 2.57. The second kappa shape index (κ2) is 8.20. The monoisotopic (exact) mass is 329 g/mol. The molecule has 0 bridgehead atoms. The lowest BCUT2D eigenvalue weighted by molar-refractivity contribution is 0.628. The van der Waals surface area contributed by atoms with Crippen LogP contribution in [0.2, 0.25) is 0 Å². The van der Waals surface area contributed by atoms with Crippen LogP contribution < -0.4 is 0 Å². The Morgan fingerprint density at radius 2 is 1.40 bits per heavy atom. The van der Waals surface area contributed by atoms with Crippen molar-refractivity contribution in [3.63, 3.8) is 0 Å². The van der Waals surface area contributed by atoms with Crippen LogP contribution >= 0.6 is 0 Å². The molecule has 0 amide bonds. The van der Waals surface area contributed by atoms with E-state index in [9.17, 15) is 4.39 Å². The van der Waals surface area contributed by atoms with Gasteiger partial charge < -0.3 is 0 Å². The van der Waals surface area contributed by atoms with E-state index in [1.54, 1.807) is 12.1 Å². The largest absolute Gasteiger partial charge is 0.256 e. The molecular formula is C23H20FN. The Morgan fingerprint density at radius 1 is 0.800 bits per heavy atom. The van der Waals surface area contributed by atoms with Crippen LogP contribution in [0.5, 0.6) is 0 Å². The molecule has 0 radical (unpaired) electrons. The van der Waals surface area contributed by atoms with Gasteiger partial charge in [0.15, 0.2) is 0 Å². The third-order valence-electron chi connectivity index (χ3n) is 4.02. The van der Waals surface area contributed by atoms with Gasteiger partial charge in [-0.05, 0) is 59.4 Å². The summed E-state index contributed by atoms with van der Waals surface area (Å²) in [5.41, 5.74) is 5.31. The molecule has 0 aromatic heterocycles. The lowest BCUT2D eigenvalue weighted by Gasteiger charge is -2.02. The summed E-state index contributed by atoms with van der Waals surface area (Å²) in [5, 5.41) is 0. The highest BCUT2D eigenvalue weighted by atomic mass is 19.1. The first kappa shape index (κ1) is 16.8. The van der Waals surface area contributed by atoms with E-state index in [2.05, 4.69) is 35.8 Å². The molecule has 0 atom stereocenters. The van der Waals surface area contributed by atoms with Gasteiger partial charge in [0.2, 0.25) is 0 Å². The van der Waals surface area contributed by atoms with Crippen LogP contribution in [0.15, 0.2) is 90.4 Å². The maximum atomic E-state index is 13.0. The molecular weight excluding hydrogens is 309 g/mol. The predicted octanol–water partition coefficient (Wildman–Crippen LogP) is 6.36. The van der Waals surface area contributed by atoms with Gasteiger partial charge in [0.25, 0.3) is 0 Å². The number of rotatable bonds is 6. The number of hydrogen-bond donors (Lipinski definition) is 0. The van der Waals surface area contributed by atoms with Gasteiger partial charge in [0.1, 0.15) is 5.82 Å². The van der Waals surface area contributed by atoms with Crippen molar-refractivity contribution >= 4 is 11.9 Å². The van der Waals surface area contributed by atoms with Crippen LogP contribution in [0.3, 0.4) is 0 Å². The zero-order valence-corrected chi connectivity index (χ0v) is 14.0. The minimum Gasteiger partial charge on any atom is -0.256 e. The Kier molecular flexibility index (Phi) is 5.53. The van der Waals surface area contributed by atoms with Crippen molar-refractivity contribution in [2.45, 2.75) is 12.8 Å². The summed E-state index contributed by atoms with van der Waals surface area (Å²) >= 11 is 0. The molecule has 124 valence electrons. The van der Waals surface area contributed by atoms with Gasteiger partial charge in [-0.25, -0.2) is 4.39 Å². The molecule has 0 heterocycles. The SMILES string of the molecule is C=CCCc1ccc(C=Nc2ccc(-c3ccc(F)cc3)cc2)cc1. The maximum Gasteiger partial charge on any atom is 0.123 e. The highest BCUT2D eigenvalue weighted by Crippen LogP contribution is 2.23. The van der Waals surface area contributed by atoms with Gasteiger partial charge in [-0.2, -0.15) is 0 Å². The first-order valence-corrected chi connectivity index (χ1v) is 8.34. The number of aryl methyl sites for hydroxylation is 1. The van der Waals surface area contributed by atoms with Crippen LogP contribution in [0.4, 0.5) is 10.1 Å². The van der Waals surface area contributed by atoms with Crippen molar-refractivity contribution in [2.75, 3.05) is 0 Å². The summed E-state index contributed by atoms with van der Waals surface area (Å²) < 4.78 is 13.0. The first-order chi connectivity index (χ1) is 12.2. The zero-order valence-electron chi connectivity index (χ0n) is 14.0. The molecule has 3 aromatic carbocycles. The lowest BCUT2D eigenvalue weighted by atomic mass is 10.1. The normalized spacial score (nSPS) is 10.9. The molecule has 0 aliphatic carbocycles. The second-order valence-electron chi connectivity index (χ2n) is 5.88. The first-order valence-electron chi connectivity index (χ1n) is 8.34. The molecule has 0 spiro atoms.